The summed E-state index contributed by atoms with van der Waals surface area (Å²) in [6.45, 7) is 0.791. The Bertz CT molecular complexity index is 973. The zero-order chi connectivity index (χ0) is 21.4. The molecule has 29 heavy (non-hydrogen) atoms. The van der Waals surface area contributed by atoms with Crippen LogP contribution in [0.25, 0.3) is 0 Å². The third-order valence-corrected chi connectivity index (χ3v) is 5.85. The first-order valence-corrected chi connectivity index (χ1v) is 10.5. The van der Waals surface area contributed by atoms with Crippen LogP contribution in [0.1, 0.15) is 33.2 Å². The molecule has 0 aromatic heterocycles. The van der Waals surface area contributed by atoms with Gasteiger partial charge in [-0.25, -0.2) is 17.6 Å². The van der Waals surface area contributed by atoms with Crippen molar-refractivity contribution in [3.05, 3.63) is 59.2 Å². The molecule has 156 valence electrons. The molecule has 0 aliphatic carbocycles. The Hall–Kier alpha value is -2.94. The Labute approximate surface area is 168 Å². The second-order valence-electron chi connectivity index (χ2n) is 5.97. The average molecular weight is 423 g/mol. The highest BCUT2D eigenvalue weighted by Crippen LogP contribution is 2.21. The van der Waals surface area contributed by atoms with Crippen molar-refractivity contribution in [1.29, 1.82) is 0 Å². The SMILES string of the molecule is CCS(=O)(=O)c1ccc(CNC(=O)c2ccc(OCCF)c(C(=O)OC)c2)cc1. The summed E-state index contributed by atoms with van der Waals surface area (Å²) < 4.78 is 45.8. The molecule has 2 aromatic rings. The normalized spacial score (nSPS) is 11.0. The molecular weight excluding hydrogens is 401 g/mol. The fourth-order valence-corrected chi connectivity index (χ4v) is 3.36. The van der Waals surface area contributed by atoms with Gasteiger partial charge in [-0.1, -0.05) is 19.1 Å². The topological polar surface area (TPSA) is 98.8 Å². The van der Waals surface area contributed by atoms with Crippen molar-refractivity contribution >= 4 is 21.7 Å². The van der Waals surface area contributed by atoms with Crippen molar-refractivity contribution in [1.82, 2.24) is 5.32 Å². The molecule has 0 radical (unpaired) electrons. The van der Waals surface area contributed by atoms with Crippen LogP contribution >= 0.6 is 0 Å². The summed E-state index contributed by atoms with van der Waals surface area (Å²) in [5.74, 6) is -1.02. The Morgan fingerprint density at radius 3 is 2.38 bits per heavy atom. The highest BCUT2D eigenvalue weighted by atomic mass is 32.2. The molecule has 0 bridgehead atoms. The fraction of sp³-hybridized carbons (Fsp3) is 0.300. The smallest absolute Gasteiger partial charge is 0.341 e. The Morgan fingerprint density at radius 2 is 1.79 bits per heavy atom. The van der Waals surface area contributed by atoms with E-state index >= 15 is 0 Å². The number of hydrogen-bond acceptors (Lipinski definition) is 6. The van der Waals surface area contributed by atoms with Crippen LogP contribution in [0.5, 0.6) is 5.75 Å². The number of benzene rings is 2. The number of nitrogens with one attached hydrogen (secondary N) is 1. The molecule has 1 amide bonds. The Morgan fingerprint density at radius 1 is 1.10 bits per heavy atom. The van der Waals surface area contributed by atoms with Gasteiger partial charge in [-0.05, 0) is 35.9 Å². The summed E-state index contributed by atoms with van der Waals surface area (Å²) in [6.07, 6.45) is 0. The van der Waals surface area contributed by atoms with Crippen molar-refractivity contribution in [3.8, 4) is 5.75 Å². The summed E-state index contributed by atoms with van der Waals surface area (Å²) in [5.41, 5.74) is 0.926. The average Bonchev–Trinajstić information content (AvgIpc) is 2.75. The van der Waals surface area contributed by atoms with Crippen molar-refractivity contribution in [2.45, 2.75) is 18.4 Å². The van der Waals surface area contributed by atoms with Crippen LogP contribution in [0.2, 0.25) is 0 Å². The van der Waals surface area contributed by atoms with E-state index in [4.69, 9.17) is 4.74 Å². The molecule has 7 nitrogen and oxygen atoms in total. The third kappa shape index (κ3) is 5.77. The van der Waals surface area contributed by atoms with Crippen LogP contribution in [0.4, 0.5) is 4.39 Å². The van der Waals surface area contributed by atoms with Crippen LogP contribution in [0.15, 0.2) is 47.4 Å². The number of esters is 1. The van der Waals surface area contributed by atoms with E-state index in [2.05, 4.69) is 10.1 Å². The van der Waals surface area contributed by atoms with E-state index in [0.717, 1.165) is 0 Å². The van der Waals surface area contributed by atoms with Crippen molar-refractivity contribution in [2.24, 2.45) is 0 Å². The number of alkyl halides is 1. The van der Waals surface area contributed by atoms with Gasteiger partial charge in [-0.15, -0.1) is 0 Å². The van der Waals surface area contributed by atoms with Gasteiger partial charge in [-0.2, -0.15) is 0 Å². The van der Waals surface area contributed by atoms with Crippen LogP contribution < -0.4 is 10.1 Å². The second kappa shape index (κ2) is 10.0. The van der Waals surface area contributed by atoms with Gasteiger partial charge in [0.05, 0.1) is 17.8 Å². The highest BCUT2D eigenvalue weighted by molar-refractivity contribution is 7.91. The molecular formula is C20H22FNO6S. The molecule has 1 N–H and O–H groups in total. The first kappa shape index (κ1) is 22.4. The van der Waals surface area contributed by atoms with Gasteiger partial charge in [0.1, 0.15) is 24.6 Å². The van der Waals surface area contributed by atoms with Gasteiger partial charge in [0.25, 0.3) is 5.91 Å². The molecule has 9 heteroatoms. The predicted molar refractivity (Wildman–Crippen MR) is 105 cm³/mol. The molecule has 0 heterocycles. The zero-order valence-electron chi connectivity index (χ0n) is 16.1. The maximum absolute atomic E-state index is 12.4. The first-order chi connectivity index (χ1) is 13.8. The minimum Gasteiger partial charge on any atom is -0.490 e. The number of carbonyl (C=O) groups is 2. The lowest BCUT2D eigenvalue weighted by atomic mass is 10.1. The summed E-state index contributed by atoms with van der Waals surface area (Å²) in [7, 11) is -2.09. The van der Waals surface area contributed by atoms with Gasteiger partial charge in [-0.3, -0.25) is 4.79 Å². The van der Waals surface area contributed by atoms with E-state index in [1.807, 2.05) is 0 Å². The fourth-order valence-electron chi connectivity index (χ4n) is 2.48. The van der Waals surface area contributed by atoms with Gasteiger partial charge in [0.15, 0.2) is 9.84 Å². The van der Waals surface area contributed by atoms with E-state index in [0.29, 0.717) is 5.56 Å². The lowest BCUT2D eigenvalue weighted by Gasteiger charge is -2.11. The number of halogens is 1. The van der Waals surface area contributed by atoms with E-state index in [9.17, 15) is 22.4 Å². The number of methoxy groups -OCH3 is 1. The number of amides is 1. The minimum absolute atomic E-state index is 0.0106. The molecule has 0 atom stereocenters. The van der Waals surface area contributed by atoms with Crippen LogP contribution in [-0.4, -0.2) is 46.4 Å². The summed E-state index contributed by atoms with van der Waals surface area (Å²) in [6, 6.07) is 10.4. The number of ether oxygens (including phenoxy) is 2. The lowest BCUT2D eigenvalue weighted by Crippen LogP contribution is -2.23. The van der Waals surface area contributed by atoms with Crippen molar-refractivity contribution in [2.75, 3.05) is 26.1 Å². The molecule has 0 saturated carbocycles. The number of hydrogen-bond donors (Lipinski definition) is 1. The maximum Gasteiger partial charge on any atom is 0.341 e. The molecule has 0 fully saturated rings. The summed E-state index contributed by atoms with van der Waals surface area (Å²) >= 11 is 0. The van der Waals surface area contributed by atoms with Gasteiger partial charge < -0.3 is 14.8 Å². The Balaban J connectivity index is 2.11. The van der Waals surface area contributed by atoms with Gasteiger partial charge >= 0.3 is 5.97 Å². The van der Waals surface area contributed by atoms with E-state index in [1.165, 1.54) is 37.4 Å². The van der Waals surface area contributed by atoms with Crippen LogP contribution in [-0.2, 0) is 21.1 Å². The van der Waals surface area contributed by atoms with E-state index in [1.54, 1.807) is 19.1 Å². The molecule has 0 spiro atoms. The van der Waals surface area contributed by atoms with E-state index in [-0.39, 0.29) is 40.7 Å². The van der Waals surface area contributed by atoms with Crippen LogP contribution in [0.3, 0.4) is 0 Å². The largest absolute Gasteiger partial charge is 0.490 e. The lowest BCUT2D eigenvalue weighted by molar-refractivity contribution is 0.0595. The highest BCUT2D eigenvalue weighted by Gasteiger charge is 2.17. The quantitative estimate of drug-likeness (QED) is 0.623. The monoisotopic (exact) mass is 423 g/mol. The molecule has 0 saturated heterocycles. The van der Waals surface area contributed by atoms with Gasteiger partial charge in [0.2, 0.25) is 0 Å². The van der Waals surface area contributed by atoms with Gasteiger partial charge in [0, 0.05) is 12.1 Å². The maximum atomic E-state index is 12.4. The second-order valence-corrected chi connectivity index (χ2v) is 8.25. The van der Waals surface area contributed by atoms with Crippen molar-refractivity contribution < 1.29 is 31.9 Å². The van der Waals surface area contributed by atoms with E-state index < -0.39 is 28.4 Å². The zero-order valence-corrected chi connectivity index (χ0v) is 16.9. The Kier molecular flexibility index (Phi) is 7.72. The molecule has 0 aliphatic heterocycles. The molecule has 2 aromatic carbocycles. The summed E-state index contributed by atoms with van der Waals surface area (Å²) in [4.78, 5) is 24.6. The number of sulfone groups is 1. The molecule has 2 rings (SSSR count). The summed E-state index contributed by atoms with van der Waals surface area (Å²) in [5, 5.41) is 2.69. The standard InChI is InChI=1S/C20H22FNO6S/c1-3-29(25,26)16-7-4-14(5-8-16)13-22-19(23)15-6-9-18(28-11-10-21)17(12-15)20(24)27-2/h4-9,12H,3,10-11,13H2,1-2H3,(H,22,23). The van der Waals surface area contributed by atoms with Crippen LogP contribution in [0, 0.1) is 0 Å². The third-order valence-electron chi connectivity index (χ3n) is 4.10. The predicted octanol–water partition coefficient (Wildman–Crippen LogP) is 2.55. The minimum atomic E-state index is -3.28. The first-order valence-electron chi connectivity index (χ1n) is 8.83. The number of rotatable bonds is 9. The number of carbonyl (C=O) groups excluding carboxylic acids is 2. The molecule has 0 unspecified atom stereocenters. The molecule has 0 aliphatic rings. The van der Waals surface area contributed by atoms with Crippen molar-refractivity contribution in [3.63, 3.8) is 0 Å².